The Bertz CT molecular complexity index is 362. The van der Waals surface area contributed by atoms with Crippen molar-refractivity contribution in [3.63, 3.8) is 0 Å². The molecule has 0 aromatic carbocycles. The van der Waals surface area contributed by atoms with Gasteiger partial charge in [0.25, 0.3) is 0 Å². The fourth-order valence-corrected chi connectivity index (χ4v) is 2.34. The molecule has 90 valence electrons. The SMILES string of the molecule is CC(C)(C)Cc1cn2c(n1)CC(CO)CC2. The number of aliphatic hydroxyl groups is 1. The molecule has 0 spiro atoms. The summed E-state index contributed by atoms with van der Waals surface area (Å²) in [5.74, 6) is 1.57. The smallest absolute Gasteiger partial charge is 0.109 e. The van der Waals surface area contributed by atoms with Gasteiger partial charge in [-0.3, -0.25) is 0 Å². The topological polar surface area (TPSA) is 38.0 Å². The molecule has 1 aromatic rings. The molecule has 1 N–H and O–H groups in total. The quantitative estimate of drug-likeness (QED) is 0.831. The van der Waals surface area contributed by atoms with Crippen LogP contribution in [0.25, 0.3) is 0 Å². The Kier molecular flexibility index (Phi) is 3.06. The zero-order chi connectivity index (χ0) is 11.8. The number of hydrogen-bond acceptors (Lipinski definition) is 2. The van der Waals surface area contributed by atoms with Crippen molar-refractivity contribution in [3.8, 4) is 0 Å². The van der Waals surface area contributed by atoms with Gasteiger partial charge in [0.2, 0.25) is 0 Å². The molecule has 1 atom stereocenters. The Morgan fingerprint density at radius 1 is 1.50 bits per heavy atom. The first-order valence-corrected chi connectivity index (χ1v) is 6.14. The highest BCUT2D eigenvalue weighted by atomic mass is 16.3. The molecule has 0 fully saturated rings. The van der Waals surface area contributed by atoms with Gasteiger partial charge in [-0.05, 0) is 24.2 Å². The Balaban J connectivity index is 2.12. The molecule has 3 nitrogen and oxygen atoms in total. The Morgan fingerprint density at radius 3 is 2.88 bits per heavy atom. The standard InChI is InChI=1S/C13H22N2O/c1-13(2,3)7-11-8-15-5-4-10(9-16)6-12(15)14-11/h8,10,16H,4-7,9H2,1-3H3. The minimum absolute atomic E-state index is 0.293. The van der Waals surface area contributed by atoms with Crippen LogP contribution in [0.15, 0.2) is 6.20 Å². The highest BCUT2D eigenvalue weighted by Crippen LogP contribution is 2.24. The average Bonchev–Trinajstić information content (AvgIpc) is 2.55. The first-order valence-electron chi connectivity index (χ1n) is 6.14. The van der Waals surface area contributed by atoms with E-state index >= 15 is 0 Å². The zero-order valence-electron chi connectivity index (χ0n) is 10.5. The maximum absolute atomic E-state index is 9.17. The zero-order valence-corrected chi connectivity index (χ0v) is 10.5. The highest BCUT2D eigenvalue weighted by Gasteiger charge is 2.21. The third-order valence-electron chi connectivity index (χ3n) is 3.13. The summed E-state index contributed by atoms with van der Waals surface area (Å²) in [4.78, 5) is 4.69. The van der Waals surface area contributed by atoms with Crippen molar-refractivity contribution in [1.29, 1.82) is 0 Å². The van der Waals surface area contributed by atoms with E-state index in [0.29, 0.717) is 17.9 Å². The lowest BCUT2D eigenvalue weighted by atomic mass is 9.91. The van der Waals surface area contributed by atoms with Crippen molar-refractivity contribution in [2.45, 2.75) is 46.6 Å². The lowest BCUT2D eigenvalue weighted by molar-refractivity contribution is 0.199. The molecule has 0 amide bonds. The highest BCUT2D eigenvalue weighted by molar-refractivity contribution is 5.08. The van der Waals surface area contributed by atoms with Crippen molar-refractivity contribution in [3.05, 3.63) is 17.7 Å². The monoisotopic (exact) mass is 222 g/mol. The molecule has 1 aliphatic rings. The Hall–Kier alpha value is -0.830. The molecule has 1 aromatic heterocycles. The van der Waals surface area contributed by atoms with Crippen molar-refractivity contribution >= 4 is 0 Å². The predicted molar refractivity (Wildman–Crippen MR) is 64.3 cm³/mol. The predicted octanol–water partition coefficient (Wildman–Crippen LogP) is 2.03. The number of aliphatic hydroxyl groups excluding tert-OH is 1. The van der Waals surface area contributed by atoms with Crippen molar-refractivity contribution in [2.75, 3.05) is 6.61 Å². The number of imidazole rings is 1. The van der Waals surface area contributed by atoms with Gasteiger partial charge in [-0.25, -0.2) is 4.98 Å². The molecule has 2 heterocycles. The molecular formula is C13H22N2O. The second kappa shape index (κ2) is 4.21. The summed E-state index contributed by atoms with van der Waals surface area (Å²) >= 11 is 0. The van der Waals surface area contributed by atoms with Gasteiger partial charge < -0.3 is 9.67 Å². The molecule has 2 rings (SSSR count). The number of aromatic nitrogens is 2. The largest absolute Gasteiger partial charge is 0.396 e. The van der Waals surface area contributed by atoms with E-state index in [1.54, 1.807) is 0 Å². The summed E-state index contributed by atoms with van der Waals surface area (Å²) in [6.07, 6.45) is 5.22. The van der Waals surface area contributed by atoms with Crippen molar-refractivity contribution < 1.29 is 5.11 Å². The van der Waals surface area contributed by atoms with Crippen LogP contribution in [0.5, 0.6) is 0 Å². The third kappa shape index (κ3) is 2.64. The summed E-state index contributed by atoms with van der Waals surface area (Å²) in [6, 6.07) is 0. The van der Waals surface area contributed by atoms with E-state index < -0.39 is 0 Å². The molecule has 1 aliphatic heterocycles. The van der Waals surface area contributed by atoms with E-state index in [1.165, 1.54) is 5.69 Å². The normalized spacial score (nSPS) is 20.9. The van der Waals surface area contributed by atoms with E-state index in [9.17, 15) is 5.11 Å². The fourth-order valence-electron chi connectivity index (χ4n) is 2.34. The average molecular weight is 222 g/mol. The van der Waals surface area contributed by atoms with Crippen LogP contribution in [-0.4, -0.2) is 21.3 Å². The lowest BCUT2D eigenvalue weighted by Crippen LogP contribution is -2.21. The van der Waals surface area contributed by atoms with Gasteiger partial charge in [-0.1, -0.05) is 20.8 Å². The van der Waals surface area contributed by atoms with Crippen molar-refractivity contribution in [2.24, 2.45) is 11.3 Å². The van der Waals surface area contributed by atoms with Gasteiger partial charge in [0.15, 0.2) is 0 Å². The molecule has 0 bridgehead atoms. The van der Waals surface area contributed by atoms with Crippen LogP contribution in [0.2, 0.25) is 0 Å². The van der Waals surface area contributed by atoms with Crippen LogP contribution in [-0.2, 0) is 19.4 Å². The minimum Gasteiger partial charge on any atom is -0.396 e. The Labute approximate surface area is 97.5 Å². The minimum atomic E-state index is 0.293. The fraction of sp³-hybridized carbons (Fsp3) is 0.769. The molecule has 1 unspecified atom stereocenters. The summed E-state index contributed by atoms with van der Waals surface area (Å²) in [7, 11) is 0. The van der Waals surface area contributed by atoms with Gasteiger partial charge in [-0.2, -0.15) is 0 Å². The van der Waals surface area contributed by atoms with E-state index in [-0.39, 0.29) is 0 Å². The summed E-state index contributed by atoms with van der Waals surface area (Å²) < 4.78 is 2.26. The van der Waals surface area contributed by atoms with Gasteiger partial charge in [0.1, 0.15) is 5.82 Å². The van der Waals surface area contributed by atoms with Crippen LogP contribution in [0.3, 0.4) is 0 Å². The number of fused-ring (bicyclic) bond motifs is 1. The lowest BCUT2D eigenvalue weighted by Gasteiger charge is -2.20. The number of hydrogen-bond donors (Lipinski definition) is 1. The number of aryl methyl sites for hydroxylation is 1. The van der Waals surface area contributed by atoms with E-state index in [1.807, 2.05) is 0 Å². The third-order valence-corrected chi connectivity index (χ3v) is 3.13. The molecule has 0 saturated heterocycles. The van der Waals surface area contributed by atoms with Gasteiger partial charge in [-0.15, -0.1) is 0 Å². The molecule has 0 aliphatic carbocycles. The van der Waals surface area contributed by atoms with Crippen molar-refractivity contribution in [1.82, 2.24) is 9.55 Å². The van der Waals surface area contributed by atoms with E-state index in [0.717, 1.165) is 31.6 Å². The molecule has 0 saturated carbocycles. The first kappa shape index (κ1) is 11.6. The van der Waals surface area contributed by atoms with Crippen LogP contribution < -0.4 is 0 Å². The summed E-state index contributed by atoms with van der Waals surface area (Å²) in [5.41, 5.74) is 1.49. The van der Waals surface area contributed by atoms with E-state index in [2.05, 4.69) is 36.5 Å². The van der Waals surface area contributed by atoms with E-state index in [4.69, 9.17) is 0 Å². The summed E-state index contributed by atoms with van der Waals surface area (Å²) in [5, 5.41) is 9.17. The van der Waals surface area contributed by atoms with Gasteiger partial charge in [0, 0.05) is 25.8 Å². The molecule has 3 heteroatoms. The van der Waals surface area contributed by atoms with Crippen LogP contribution >= 0.6 is 0 Å². The number of rotatable bonds is 2. The van der Waals surface area contributed by atoms with Crippen LogP contribution in [0, 0.1) is 11.3 Å². The molecular weight excluding hydrogens is 200 g/mol. The Morgan fingerprint density at radius 2 is 2.25 bits per heavy atom. The van der Waals surface area contributed by atoms with Gasteiger partial charge >= 0.3 is 0 Å². The van der Waals surface area contributed by atoms with Crippen LogP contribution in [0.1, 0.15) is 38.7 Å². The maximum atomic E-state index is 9.17. The van der Waals surface area contributed by atoms with Crippen LogP contribution in [0.4, 0.5) is 0 Å². The van der Waals surface area contributed by atoms with Gasteiger partial charge in [0.05, 0.1) is 5.69 Å². The second-order valence-corrected chi connectivity index (χ2v) is 6.12. The maximum Gasteiger partial charge on any atom is 0.109 e. The number of nitrogens with zero attached hydrogens (tertiary/aromatic N) is 2. The first-order chi connectivity index (χ1) is 7.48. The molecule has 16 heavy (non-hydrogen) atoms. The summed E-state index contributed by atoms with van der Waals surface area (Å²) in [6.45, 7) is 8.02. The molecule has 0 radical (unpaired) electrons. The second-order valence-electron chi connectivity index (χ2n) is 6.12.